The van der Waals surface area contributed by atoms with Crippen LogP contribution in [0.1, 0.15) is 35.2 Å². The lowest BCUT2D eigenvalue weighted by Gasteiger charge is -2.32. The molecule has 0 saturated carbocycles. The number of para-hydroxylation sites is 1. The van der Waals surface area contributed by atoms with E-state index in [9.17, 15) is 4.79 Å². The van der Waals surface area contributed by atoms with Crippen LogP contribution in [-0.2, 0) is 13.1 Å². The maximum Gasteiger partial charge on any atom is 0.257 e. The summed E-state index contributed by atoms with van der Waals surface area (Å²) in [6.07, 6.45) is 3.23. The lowest BCUT2D eigenvalue weighted by Crippen LogP contribution is -2.38. The molecule has 3 aromatic rings. The molecular formula is C25H29N3O2. The molecule has 3 heterocycles. The molecule has 0 aliphatic carbocycles. The fraction of sp³-hybridized carbons (Fsp3) is 0.400. The number of carbonyl (C=O) groups is 1. The minimum absolute atomic E-state index is 0.00596. The molecule has 1 N–H and O–H groups in total. The number of hydrogen-bond donors (Lipinski definition) is 1. The molecule has 1 amide bonds. The number of hydrogen-bond acceptors (Lipinski definition) is 3. The van der Waals surface area contributed by atoms with Crippen molar-refractivity contribution in [3.8, 4) is 5.88 Å². The van der Waals surface area contributed by atoms with Crippen molar-refractivity contribution < 1.29 is 9.53 Å². The van der Waals surface area contributed by atoms with E-state index in [1.165, 1.54) is 5.56 Å². The zero-order chi connectivity index (χ0) is 20.3. The van der Waals surface area contributed by atoms with Crippen LogP contribution < -0.4 is 10.1 Å². The Morgan fingerprint density at radius 3 is 2.60 bits per heavy atom. The van der Waals surface area contributed by atoms with Crippen molar-refractivity contribution in [3.05, 3.63) is 65.7 Å². The third-order valence-electron chi connectivity index (χ3n) is 6.42. The maximum atomic E-state index is 13.1. The Kier molecular flexibility index (Phi) is 5.45. The highest BCUT2D eigenvalue weighted by atomic mass is 16.5. The average molecular weight is 404 g/mol. The van der Waals surface area contributed by atoms with Gasteiger partial charge in [0, 0.05) is 25.0 Å². The van der Waals surface area contributed by atoms with Gasteiger partial charge in [-0.2, -0.15) is 0 Å². The van der Waals surface area contributed by atoms with Gasteiger partial charge in [-0.15, -0.1) is 0 Å². The van der Waals surface area contributed by atoms with E-state index in [1.807, 2.05) is 18.2 Å². The number of ether oxygens (including phenoxy) is 1. The molecule has 2 aliphatic rings. The predicted molar refractivity (Wildman–Crippen MR) is 119 cm³/mol. The van der Waals surface area contributed by atoms with Crippen LogP contribution in [0.3, 0.4) is 0 Å². The smallest absolute Gasteiger partial charge is 0.257 e. The standard InChI is InChI=1S/C25H29N3O2/c29-24(23-21-9-4-5-10-22(21)28-13-6-16-30-25(23)28)26-17-19-11-14-27(15-12-19)18-20-7-2-1-3-8-20/h1-5,7-10,19H,6,11-18H2,(H,26,29). The molecule has 0 radical (unpaired) electrons. The zero-order valence-corrected chi connectivity index (χ0v) is 17.3. The molecule has 0 spiro atoms. The highest BCUT2D eigenvalue weighted by Crippen LogP contribution is 2.34. The molecule has 5 rings (SSSR count). The Morgan fingerprint density at radius 2 is 1.77 bits per heavy atom. The molecule has 30 heavy (non-hydrogen) atoms. The second kappa shape index (κ2) is 8.52. The van der Waals surface area contributed by atoms with E-state index in [4.69, 9.17) is 4.74 Å². The molecular weight excluding hydrogens is 374 g/mol. The topological polar surface area (TPSA) is 46.5 Å². The summed E-state index contributed by atoms with van der Waals surface area (Å²) in [6, 6.07) is 18.8. The lowest BCUT2D eigenvalue weighted by atomic mass is 9.96. The first-order chi connectivity index (χ1) is 14.8. The Bertz CT molecular complexity index is 1020. The van der Waals surface area contributed by atoms with E-state index < -0.39 is 0 Å². The minimum atomic E-state index is -0.00596. The quantitative estimate of drug-likeness (QED) is 0.699. The largest absolute Gasteiger partial charge is 0.478 e. The van der Waals surface area contributed by atoms with Gasteiger partial charge in [-0.25, -0.2) is 0 Å². The number of rotatable bonds is 5. The van der Waals surface area contributed by atoms with Crippen LogP contribution in [-0.4, -0.2) is 41.6 Å². The number of piperidine rings is 1. The number of likely N-dealkylation sites (tertiary alicyclic amines) is 1. The molecule has 0 atom stereocenters. The van der Waals surface area contributed by atoms with Crippen LogP contribution in [0.4, 0.5) is 0 Å². The SMILES string of the molecule is O=C(NCC1CCN(Cc2ccccc2)CC1)c1c2n(c3ccccc13)CCCO2. The van der Waals surface area contributed by atoms with Gasteiger partial charge in [0.15, 0.2) is 0 Å². The third kappa shape index (κ3) is 3.82. The molecule has 1 aromatic heterocycles. The molecule has 2 aromatic carbocycles. The van der Waals surface area contributed by atoms with E-state index in [0.29, 0.717) is 18.1 Å². The van der Waals surface area contributed by atoms with Crippen molar-refractivity contribution in [1.29, 1.82) is 0 Å². The number of carbonyl (C=O) groups excluding carboxylic acids is 1. The number of fused-ring (bicyclic) bond motifs is 3. The fourth-order valence-electron chi connectivity index (χ4n) is 4.78. The third-order valence-corrected chi connectivity index (χ3v) is 6.42. The fourth-order valence-corrected chi connectivity index (χ4v) is 4.78. The first-order valence-electron chi connectivity index (χ1n) is 11.1. The van der Waals surface area contributed by atoms with E-state index in [-0.39, 0.29) is 5.91 Å². The van der Waals surface area contributed by atoms with Crippen LogP contribution in [0.25, 0.3) is 10.9 Å². The summed E-state index contributed by atoms with van der Waals surface area (Å²) in [5.74, 6) is 1.26. The summed E-state index contributed by atoms with van der Waals surface area (Å²) >= 11 is 0. The number of nitrogens with zero attached hydrogens (tertiary/aromatic N) is 2. The van der Waals surface area contributed by atoms with Crippen LogP contribution in [0, 0.1) is 5.92 Å². The second-order valence-electron chi connectivity index (χ2n) is 8.47. The lowest BCUT2D eigenvalue weighted by molar-refractivity contribution is 0.0930. The molecule has 5 nitrogen and oxygen atoms in total. The van der Waals surface area contributed by atoms with Crippen molar-refractivity contribution in [2.24, 2.45) is 5.92 Å². The summed E-state index contributed by atoms with van der Waals surface area (Å²) in [7, 11) is 0. The van der Waals surface area contributed by atoms with Gasteiger partial charge in [0.25, 0.3) is 5.91 Å². The molecule has 1 saturated heterocycles. The predicted octanol–water partition coefficient (Wildman–Crippen LogP) is 4.07. The number of aromatic nitrogens is 1. The minimum Gasteiger partial charge on any atom is -0.478 e. The molecule has 0 bridgehead atoms. The summed E-state index contributed by atoms with van der Waals surface area (Å²) in [5, 5.41) is 4.20. The number of amides is 1. The van der Waals surface area contributed by atoms with Gasteiger partial charge >= 0.3 is 0 Å². The van der Waals surface area contributed by atoms with Crippen molar-refractivity contribution >= 4 is 16.8 Å². The molecule has 2 aliphatic heterocycles. The summed E-state index contributed by atoms with van der Waals surface area (Å²) in [5.41, 5.74) is 3.16. The summed E-state index contributed by atoms with van der Waals surface area (Å²) < 4.78 is 8.07. The Labute approximate surface area is 177 Å². The Balaban J connectivity index is 1.21. The first kappa shape index (κ1) is 19.2. The van der Waals surface area contributed by atoms with Gasteiger partial charge in [-0.05, 0) is 49.9 Å². The highest BCUT2D eigenvalue weighted by Gasteiger charge is 2.27. The van der Waals surface area contributed by atoms with E-state index >= 15 is 0 Å². The zero-order valence-electron chi connectivity index (χ0n) is 17.3. The van der Waals surface area contributed by atoms with Gasteiger partial charge < -0.3 is 14.6 Å². The second-order valence-corrected chi connectivity index (χ2v) is 8.47. The van der Waals surface area contributed by atoms with Gasteiger partial charge in [0.05, 0.1) is 12.1 Å². The normalized spacial score (nSPS) is 17.5. The summed E-state index contributed by atoms with van der Waals surface area (Å²) in [4.78, 5) is 15.6. The monoisotopic (exact) mass is 403 g/mol. The van der Waals surface area contributed by atoms with Crippen LogP contribution in [0.5, 0.6) is 5.88 Å². The van der Waals surface area contributed by atoms with Crippen molar-refractivity contribution in [2.75, 3.05) is 26.2 Å². The van der Waals surface area contributed by atoms with E-state index in [2.05, 4.69) is 51.2 Å². The van der Waals surface area contributed by atoms with E-state index in [0.717, 1.165) is 68.8 Å². The molecule has 156 valence electrons. The highest BCUT2D eigenvalue weighted by molar-refractivity contribution is 6.09. The van der Waals surface area contributed by atoms with Crippen LogP contribution in [0.2, 0.25) is 0 Å². The van der Waals surface area contributed by atoms with Gasteiger partial charge in [0.1, 0.15) is 5.56 Å². The van der Waals surface area contributed by atoms with Crippen LogP contribution in [0.15, 0.2) is 54.6 Å². The first-order valence-corrected chi connectivity index (χ1v) is 11.1. The Morgan fingerprint density at radius 1 is 1.00 bits per heavy atom. The van der Waals surface area contributed by atoms with Gasteiger partial charge in [-0.1, -0.05) is 48.5 Å². The Hall–Kier alpha value is -2.79. The van der Waals surface area contributed by atoms with Crippen molar-refractivity contribution in [2.45, 2.75) is 32.4 Å². The maximum absolute atomic E-state index is 13.1. The van der Waals surface area contributed by atoms with Gasteiger partial charge in [0.2, 0.25) is 5.88 Å². The number of nitrogens with one attached hydrogen (secondary N) is 1. The summed E-state index contributed by atoms with van der Waals surface area (Å²) in [6.45, 7) is 5.50. The molecule has 5 heteroatoms. The van der Waals surface area contributed by atoms with E-state index in [1.54, 1.807) is 0 Å². The van der Waals surface area contributed by atoms with Gasteiger partial charge in [-0.3, -0.25) is 9.69 Å². The van der Waals surface area contributed by atoms with Crippen molar-refractivity contribution in [1.82, 2.24) is 14.8 Å². The molecule has 0 unspecified atom stereocenters. The number of aryl methyl sites for hydroxylation is 1. The number of benzene rings is 2. The van der Waals surface area contributed by atoms with Crippen LogP contribution >= 0.6 is 0 Å². The average Bonchev–Trinajstić information content (AvgIpc) is 3.14. The molecule has 1 fully saturated rings. The van der Waals surface area contributed by atoms with Crippen molar-refractivity contribution in [3.63, 3.8) is 0 Å².